The van der Waals surface area contributed by atoms with Crippen LogP contribution in [0.2, 0.25) is 10.0 Å². The van der Waals surface area contributed by atoms with E-state index in [4.69, 9.17) is 27.9 Å². The number of amides is 1. The Labute approximate surface area is 213 Å². The Balaban J connectivity index is 2.20. The number of sulfone groups is 1. The largest absolute Gasteiger partial charge is 0.361 e. The maximum absolute atomic E-state index is 13.5. The lowest BCUT2D eigenvalue weighted by Crippen LogP contribution is -2.58. The summed E-state index contributed by atoms with van der Waals surface area (Å²) in [6.07, 6.45) is -0.528. The Kier molecular flexibility index (Phi) is 7.79. The Morgan fingerprint density at radius 1 is 0.971 bits per heavy atom. The number of rotatable bonds is 5. The zero-order valence-electron chi connectivity index (χ0n) is 20.5. The van der Waals surface area contributed by atoms with Gasteiger partial charge in [0.05, 0.1) is 22.6 Å². The van der Waals surface area contributed by atoms with Gasteiger partial charge in [0.1, 0.15) is 12.7 Å². The fourth-order valence-corrected chi connectivity index (χ4v) is 6.06. The van der Waals surface area contributed by atoms with Crippen LogP contribution in [0, 0.1) is 5.41 Å². The van der Waals surface area contributed by atoms with Crippen molar-refractivity contribution in [1.29, 1.82) is 0 Å². The van der Waals surface area contributed by atoms with Crippen LogP contribution in [0.5, 0.6) is 0 Å². The van der Waals surface area contributed by atoms with Crippen LogP contribution in [0.3, 0.4) is 0 Å². The van der Waals surface area contributed by atoms with Crippen LogP contribution in [-0.2, 0) is 19.4 Å². The zero-order chi connectivity index (χ0) is 25.5. The molecule has 3 rings (SSSR count). The van der Waals surface area contributed by atoms with Crippen molar-refractivity contribution in [3.63, 3.8) is 0 Å². The van der Waals surface area contributed by atoms with Gasteiger partial charge in [-0.25, -0.2) is 8.42 Å². The minimum absolute atomic E-state index is 0.149. The average molecular weight is 527 g/mol. The molecule has 0 aliphatic carbocycles. The number of halogens is 2. The summed E-state index contributed by atoms with van der Waals surface area (Å²) in [6.45, 7) is 10.8. The second-order valence-corrected chi connectivity index (χ2v) is 14.5. The molecule has 34 heavy (non-hydrogen) atoms. The summed E-state index contributed by atoms with van der Waals surface area (Å²) in [6, 6.07) is 13.4. The van der Waals surface area contributed by atoms with Gasteiger partial charge < -0.3 is 9.64 Å². The molecule has 0 aromatic heterocycles. The van der Waals surface area contributed by atoms with E-state index in [0.29, 0.717) is 10.0 Å². The molecule has 2 aromatic carbocycles. The van der Waals surface area contributed by atoms with Gasteiger partial charge in [-0.2, -0.15) is 0 Å². The molecule has 5 nitrogen and oxygen atoms in total. The second kappa shape index (κ2) is 9.81. The van der Waals surface area contributed by atoms with Gasteiger partial charge in [0.2, 0.25) is 5.91 Å². The zero-order valence-corrected chi connectivity index (χ0v) is 22.8. The summed E-state index contributed by atoms with van der Waals surface area (Å²) < 4.78 is 31.8. The van der Waals surface area contributed by atoms with Crippen molar-refractivity contribution in [2.75, 3.05) is 12.4 Å². The molecular formula is C26H33Cl2NO4S. The monoisotopic (exact) mass is 525 g/mol. The molecule has 1 fully saturated rings. The average Bonchev–Trinajstić information content (AvgIpc) is 2.71. The summed E-state index contributed by atoms with van der Waals surface area (Å²) in [5.41, 5.74) is 1.11. The normalized spacial score (nSPS) is 20.9. The van der Waals surface area contributed by atoms with Gasteiger partial charge in [-0.05, 0) is 61.6 Å². The van der Waals surface area contributed by atoms with E-state index in [1.807, 2.05) is 51.1 Å². The predicted octanol–water partition coefficient (Wildman–Crippen LogP) is 6.26. The quantitative estimate of drug-likeness (QED) is 0.461. The topological polar surface area (TPSA) is 63.7 Å². The maximum Gasteiger partial charge on any atom is 0.249 e. The Hall–Kier alpha value is -1.60. The molecule has 0 bridgehead atoms. The number of hydrogen-bond donors (Lipinski definition) is 0. The lowest BCUT2D eigenvalue weighted by Gasteiger charge is -2.49. The minimum atomic E-state index is -3.53. The summed E-state index contributed by atoms with van der Waals surface area (Å²) >= 11 is 12.4. The molecule has 1 heterocycles. The predicted molar refractivity (Wildman–Crippen MR) is 138 cm³/mol. The highest BCUT2D eigenvalue weighted by molar-refractivity contribution is 7.92. The highest BCUT2D eigenvalue weighted by atomic mass is 35.5. The van der Waals surface area contributed by atoms with E-state index in [0.717, 1.165) is 11.1 Å². The first-order valence-electron chi connectivity index (χ1n) is 11.3. The van der Waals surface area contributed by atoms with E-state index in [9.17, 15) is 13.2 Å². The van der Waals surface area contributed by atoms with Crippen LogP contribution < -0.4 is 0 Å². The fraction of sp³-hybridized carbons (Fsp3) is 0.500. The van der Waals surface area contributed by atoms with Gasteiger partial charge in [-0.3, -0.25) is 4.79 Å². The lowest BCUT2D eigenvalue weighted by molar-refractivity contribution is -0.166. The smallest absolute Gasteiger partial charge is 0.249 e. The van der Waals surface area contributed by atoms with Crippen molar-refractivity contribution < 1.29 is 17.9 Å². The van der Waals surface area contributed by atoms with Crippen LogP contribution in [0.4, 0.5) is 0 Å². The summed E-state index contributed by atoms with van der Waals surface area (Å²) in [5, 5.41) is 1.13. The van der Waals surface area contributed by atoms with Crippen LogP contribution in [-0.4, -0.2) is 42.4 Å². The van der Waals surface area contributed by atoms with E-state index in [2.05, 4.69) is 0 Å². The van der Waals surface area contributed by atoms with Gasteiger partial charge >= 0.3 is 0 Å². The first-order chi connectivity index (χ1) is 15.6. The Morgan fingerprint density at radius 2 is 1.59 bits per heavy atom. The third-order valence-corrected chi connectivity index (χ3v) is 9.40. The summed E-state index contributed by atoms with van der Waals surface area (Å²) in [7, 11) is -3.53. The molecule has 8 heteroatoms. The van der Waals surface area contributed by atoms with Gasteiger partial charge in [-0.1, -0.05) is 68.2 Å². The van der Waals surface area contributed by atoms with E-state index in [1.165, 1.54) is 0 Å². The van der Waals surface area contributed by atoms with Crippen LogP contribution in [0.1, 0.15) is 64.8 Å². The van der Waals surface area contributed by atoms with Crippen molar-refractivity contribution in [2.45, 2.75) is 64.5 Å². The van der Waals surface area contributed by atoms with Crippen molar-refractivity contribution in [3.05, 3.63) is 69.7 Å². The number of ether oxygens (including phenoxy) is 1. The van der Waals surface area contributed by atoms with Crippen molar-refractivity contribution >= 4 is 38.9 Å². The molecule has 0 N–H and O–H groups in total. The third-order valence-electron chi connectivity index (χ3n) is 6.30. The Bertz CT molecular complexity index is 1130. The van der Waals surface area contributed by atoms with Gasteiger partial charge in [0.15, 0.2) is 9.84 Å². The number of hydrogen-bond acceptors (Lipinski definition) is 4. The fourth-order valence-electron chi connectivity index (χ4n) is 4.16. The molecule has 0 saturated carbocycles. The second-order valence-electron chi connectivity index (χ2n) is 10.9. The van der Waals surface area contributed by atoms with E-state index < -0.39 is 38.2 Å². The van der Waals surface area contributed by atoms with Crippen LogP contribution >= 0.6 is 23.2 Å². The summed E-state index contributed by atoms with van der Waals surface area (Å²) in [5.74, 6) is -0.403. The van der Waals surface area contributed by atoms with Gasteiger partial charge in [-0.15, -0.1) is 0 Å². The van der Waals surface area contributed by atoms with Crippen LogP contribution in [0.15, 0.2) is 48.5 Å². The summed E-state index contributed by atoms with van der Waals surface area (Å²) in [4.78, 5) is 15.2. The van der Waals surface area contributed by atoms with E-state index in [-0.39, 0.29) is 18.3 Å². The minimum Gasteiger partial charge on any atom is -0.361 e. The molecule has 1 unspecified atom stereocenters. The molecule has 2 aromatic rings. The highest BCUT2D eigenvalue weighted by Crippen LogP contribution is 2.45. The van der Waals surface area contributed by atoms with Gasteiger partial charge in [0.25, 0.3) is 0 Å². The molecule has 1 aliphatic heterocycles. The standard InChI is InChI=1S/C26H33Cl2NO4S/c1-25(2,3)21(16-34(31,32)26(4,5)6)29-22(30)15-33-24(18-8-7-9-20(28)14-18)23(29)17-10-12-19(27)13-11-17/h7-14,21,23-24H,15-16H2,1-6H3/t21-,23?,24+/m0/s1. The Morgan fingerprint density at radius 3 is 2.12 bits per heavy atom. The van der Waals surface area contributed by atoms with Crippen LogP contribution in [0.25, 0.3) is 0 Å². The molecule has 1 saturated heterocycles. The molecule has 186 valence electrons. The molecule has 1 amide bonds. The first-order valence-corrected chi connectivity index (χ1v) is 13.7. The molecule has 3 atom stereocenters. The van der Waals surface area contributed by atoms with E-state index in [1.54, 1.807) is 43.9 Å². The number of benzene rings is 2. The van der Waals surface area contributed by atoms with Gasteiger partial charge in [0, 0.05) is 10.0 Å². The van der Waals surface area contributed by atoms with Crippen molar-refractivity contribution in [2.24, 2.45) is 5.41 Å². The number of nitrogens with zero attached hydrogens (tertiary/aromatic N) is 1. The first kappa shape index (κ1) is 27.0. The highest BCUT2D eigenvalue weighted by Gasteiger charge is 2.48. The molecular weight excluding hydrogens is 493 g/mol. The SMILES string of the molecule is CC(C)(C)[C@H](CS(=O)(=O)C(C)(C)C)N1C(=O)CO[C@H](c2cccc(Cl)c2)C1c1ccc(Cl)cc1. The molecule has 1 aliphatic rings. The van der Waals surface area contributed by atoms with Crippen molar-refractivity contribution in [3.8, 4) is 0 Å². The number of morpholine rings is 1. The third kappa shape index (κ3) is 5.78. The van der Waals surface area contributed by atoms with Crippen molar-refractivity contribution in [1.82, 2.24) is 4.90 Å². The maximum atomic E-state index is 13.5. The number of carbonyl (C=O) groups is 1. The molecule has 0 radical (unpaired) electrons. The molecule has 0 spiro atoms. The number of carbonyl (C=O) groups excluding carboxylic acids is 1. The lowest BCUT2D eigenvalue weighted by atomic mass is 9.83. The van der Waals surface area contributed by atoms with E-state index >= 15 is 0 Å².